The molecule has 1 aliphatic rings. The van der Waals surface area contributed by atoms with E-state index in [1.165, 1.54) is 0 Å². The van der Waals surface area contributed by atoms with Crippen LogP contribution in [0.4, 0.5) is 17.3 Å². The number of nitriles is 1. The Morgan fingerprint density at radius 3 is 2.69 bits per heavy atom. The zero-order chi connectivity index (χ0) is 18.7. The largest absolute Gasteiger partial charge is 0.497 e. The predicted octanol–water partition coefficient (Wildman–Crippen LogP) is 4.50. The number of hydrogen-bond donors (Lipinski definition) is 1. The molecule has 0 fully saturated rings. The number of ether oxygens (including phenoxy) is 2. The van der Waals surface area contributed by atoms with Gasteiger partial charge in [-0.25, -0.2) is 4.98 Å². The van der Waals surface area contributed by atoms with E-state index in [4.69, 9.17) is 15.0 Å². The molecule has 0 atom stereocenters. The highest BCUT2D eigenvalue weighted by Gasteiger charge is 2.31. The maximum absolute atomic E-state index is 9.73. The van der Waals surface area contributed by atoms with Crippen LogP contribution in [-0.2, 0) is 17.8 Å². The lowest BCUT2D eigenvalue weighted by Gasteiger charge is -2.33. The highest BCUT2D eigenvalue weighted by Crippen LogP contribution is 2.38. The Labute approximate surface area is 151 Å². The normalized spacial score (nSPS) is 14.5. The molecule has 0 bridgehead atoms. The number of fused-ring (bicyclic) bond motifs is 1. The highest BCUT2D eigenvalue weighted by molar-refractivity contribution is 5.69. The molecule has 0 saturated heterocycles. The summed E-state index contributed by atoms with van der Waals surface area (Å²) in [6.45, 7) is 4.17. The number of hydrogen-bond acceptors (Lipinski definition) is 6. The first-order valence-corrected chi connectivity index (χ1v) is 8.03. The summed E-state index contributed by atoms with van der Waals surface area (Å²) in [5, 5.41) is 16.6. The standard InChI is InChI=1S/C18H18N6O2/c1-18(2)8-13-14(9-19)16(21-11-4-6-12(25-3)7-5-11)22-17(23-24-20)15(13)10-26-18/h4-7H,8,10H2,1-3H3,(H,21,22). The summed E-state index contributed by atoms with van der Waals surface area (Å²) in [5.41, 5.74) is 11.1. The number of aromatic nitrogens is 1. The second kappa shape index (κ2) is 6.92. The van der Waals surface area contributed by atoms with Crippen molar-refractivity contribution in [3.8, 4) is 11.8 Å². The zero-order valence-electron chi connectivity index (χ0n) is 14.8. The van der Waals surface area contributed by atoms with E-state index in [-0.39, 0.29) is 12.4 Å². The summed E-state index contributed by atoms with van der Waals surface area (Å²) < 4.78 is 10.9. The molecular weight excluding hydrogens is 332 g/mol. The Bertz CT molecular complexity index is 924. The second-order valence-corrected chi connectivity index (χ2v) is 6.50. The number of methoxy groups -OCH3 is 1. The Hall–Kier alpha value is -3.27. The molecule has 8 nitrogen and oxygen atoms in total. The molecular formula is C18H18N6O2. The summed E-state index contributed by atoms with van der Waals surface area (Å²) in [6, 6.07) is 9.48. The summed E-state index contributed by atoms with van der Waals surface area (Å²) >= 11 is 0. The lowest BCUT2D eigenvalue weighted by Crippen LogP contribution is -2.32. The van der Waals surface area contributed by atoms with Crippen LogP contribution in [0.15, 0.2) is 29.4 Å². The van der Waals surface area contributed by atoms with E-state index in [9.17, 15) is 5.26 Å². The van der Waals surface area contributed by atoms with E-state index in [0.29, 0.717) is 23.4 Å². The van der Waals surface area contributed by atoms with E-state index >= 15 is 0 Å². The highest BCUT2D eigenvalue weighted by atomic mass is 16.5. The minimum absolute atomic E-state index is 0.230. The van der Waals surface area contributed by atoms with Crippen LogP contribution in [0.5, 0.6) is 5.75 Å². The fourth-order valence-electron chi connectivity index (χ4n) is 2.90. The van der Waals surface area contributed by atoms with E-state index in [1.54, 1.807) is 19.2 Å². The average Bonchev–Trinajstić information content (AvgIpc) is 2.62. The van der Waals surface area contributed by atoms with Gasteiger partial charge in [0.15, 0.2) is 0 Å². The fourth-order valence-corrected chi connectivity index (χ4v) is 2.90. The van der Waals surface area contributed by atoms with Crippen molar-refractivity contribution in [3.63, 3.8) is 0 Å². The van der Waals surface area contributed by atoms with E-state index in [2.05, 4.69) is 26.4 Å². The molecule has 3 rings (SSSR count). The molecule has 1 aromatic carbocycles. The Morgan fingerprint density at radius 2 is 2.08 bits per heavy atom. The third kappa shape index (κ3) is 3.40. The fraction of sp³-hybridized carbons (Fsp3) is 0.333. The second-order valence-electron chi connectivity index (χ2n) is 6.50. The molecule has 132 valence electrons. The van der Waals surface area contributed by atoms with Crippen molar-refractivity contribution < 1.29 is 9.47 Å². The van der Waals surface area contributed by atoms with Gasteiger partial charge in [-0.2, -0.15) is 5.26 Å². The maximum atomic E-state index is 9.73. The summed E-state index contributed by atoms with van der Waals surface area (Å²) in [5.74, 6) is 1.31. The number of pyridine rings is 1. The Kier molecular flexibility index (Phi) is 4.67. The van der Waals surface area contributed by atoms with Crippen LogP contribution in [0.1, 0.15) is 30.5 Å². The minimum atomic E-state index is -0.412. The summed E-state index contributed by atoms with van der Waals surface area (Å²) in [6.07, 6.45) is 0.527. The molecule has 0 radical (unpaired) electrons. The van der Waals surface area contributed by atoms with Crippen molar-refractivity contribution in [3.05, 3.63) is 51.4 Å². The van der Waals surface area contributed by atoms with Crippen molar-refractivity contribution in [1.82, 2.24) is 4.98 Å². The van der Waals surface area contributed by atoms with Crippen LogP contribution in [-0.4, -0.2) is 17.7 Å². The van der Waals surface area contributed by atoms with Crippen molar-refractivity contribution in [2.24, 2.45) is 5.11 Å². The van der Waals surface area contributed by atoms with Gasteiger partial charge in [-0.1, -0.05) is 0 Å². The molecule has 1 aromatic heterocycles. The van der Waals surface area contributed by atoms with Gasteiger partial charge >= 0.3 is 0 Å². The van der Waals surface area contributed by atoms with Crippen molar-refractivity contribution in [2.75, 3.05) is 12.4 Å². The maximum Gasteiger partial charge on any atom is 0.149 e. The van der Waals surface area contributed by atoms with Crippen LogP contribution in [0.3, 0.4) is 0 Å². The van der Waals surface area contributed by atoms with E-state index < -0.39 is 5.60 Å². The molecule has 2 aromatic rings. The van der Waals surface area contributed by atoms with Gasteiger partial charge in [0.1, 0.15) is 23.5 Å². The van der Waals surface area contributed by atoms with Gasteiger partial charge in [0.25, 0.3) is 0 Å². The average molecular weight is 350 g/mol. The lowest BCUT2D eigenvalue weighted by atomic mass is 9.89. The topological polar surface area (TPSA) is 116 Å². The van der Waals surface area contributed by atoms with Crippen molar-refractivity contribution in [1.29, 1.82) is 5.26 Å². The lowest BCUT2D eigenvalue weighted by molar-refractivity contribution is -0.0399. The molecule has 0 saturated carbocycles. The van der Waals surface area contributed by atoms with Crippen LogP contribution in [0.25, 0.3) is 10.4 Å². The molecule has 0 unspecified atom stereocenters. The molecule has 0 amide bonds. The summed E-state index contributed by atoms with van der Waals surface area (Å²) in [4.78, 5) is 7.22. The Morgan fingerprint density at radius 1 is 1.35 bits per heavy atom. The van der Waals surface area contributed by atoms with Gasteiger partial charge < -0.3 is 14.8 Å². The first-order valence-electron chi connectivity index (χ1n) is 8.03. The summed E-state index contributed by atoms with van der Waals surface area (Å²) in [7, 11) is 1.59. The van der Waals surface area contributed by atoms with Gasteiger partial charge in [0, 0.05) is 22.6 Å². The van der Waals surface area contributed by atoms with E-state index in [1.807, 2.05) is 26.0 Å². The number of rotatable bonds is 4. The van der Waals surface area contributed by atoms with Crippen LogP contribution >= 0.6 is 0 Å². The van der Waals surface area contributed by atoms with Crippen molar-refractivity contribution >= 4 is 17.3 Å². The van der Waals surface area contributed by atoms with Gasteiger partial charge in [0.2, 0.25) is 0 Å². The SMILES string of the molecule is COc1ccc(Nc2nc(N=[N+]=[N-])c3c(c2C#N)CC(C)(C)OC3)cc1. The number of nitrogens with one attached hydrogen (secondary N) is 1. The van der Waals surface area contributed by atoms with Gasteiger partial charge in [-0.15, -0.1) is 0 Å². The molecule has 1 N–H and O–H groups in total. The quantitative estimate of drug-likeness (QED) is 0.495. The first-order chi connectivity index (χ1) is 12.5. The number of nitrogens with zero attached hydrogens (tertiary/aromatic N) is 5. The number of benzene rings is 1. The van der Waals surface area contributed by atoms with E-state index in [0.717, 1.165) is 17.0 Å². The number of azide groups is 1. The minimum Gasteiger partial charge on any atom is -0.497 e. The monoisotopic (exact) mass is 350 g/mol. The molecule has 2 heterocycles. The molecule has 8 heteroatoms. The van der Waals surface area contributed by atoms with Gasteiger partial charge in [-0.3, -0.25) is 0 Å². The molecule has 1 aliphatic heterocycles. The van der Waals surface area contributed by atoms with Crippen molar-refractivity contribution in [2.45, 2.75) is 32.5 Å². The first kappa shape index (κ1) is 17.5. The number of anilines is 2. The predicted molar refractivity (Wildman–Crippen MR) is 96.6 cm³/mol. The molecule has 26 heavy (non-hydrogen) atoms. The molecule has 0 spiro atoms. The zero-order valence-corrected chi connectivity index (χ0v) is 14.8. The molecule has 0 aliphatic carbocycles. The van der Waals surface area contributed by atoms with Crippen LogP contribution in [0, 0.1) is 11.3 Å². The van der Waals surface area contributed by atoms with Crippen LogP contribution < -0.4 is 10.1 Å². The van der Waals surface area contributed by atoms with Gasteiger partial charge in [0.05, 0.1) is 24.9 Å². The third-order valence-corrected chi connectivity index (χ3v) is 4.20. The van der Waals surface area contributed by atoms with Crippen LogP contribution in [0.2, 0.25) is 0 Å². The van der Waals surface area contributed by atoms with Gasteiger partial charge in [-0.05, 0) is 54.3 Å². The smallest absolute Gasteiger partial charge is 0.149 e. The Balaban J connectivity index is 2.10. The third-order valence-electron chi connectivity index (χ3n) is 4.20.